The minimum atomic E-state index is -0.235. The van der Waals surface area contributed by atoms with Crippen LogP contribution < -0.4 is 0 Å². The van der Waals surface area contributed by atoms with E-state index < -0.39 is 0 Å². The van der Waals surface area contributed by atoms with Crippen LogP contribution in [0, 0.1) is 5.92 Å². The van der Waals surface area contributed by atoms with Crippen LogP contribution in [0.15, 0.2) is 0 Å². The van der Waals surface area contributed by atoms with Crippen molar-refractivity contribution in [3.8, 4) is 0 Å². The lowest BCUT2D eigenvalue weighted by molar-refractivity contribution is -0.141. The zero-order valence-corrected chi connectivity index (χ0v) is 18.7. The van der Waals surface area contributed by atoms with E-state index >= 15 is 0 Å². The number of hydrogen-bond acceptors (Lipinski definition) is 6. The topological polar surface area (TPSA) is 62.3 Å². The first-order chi connectivity index (χ1) is 14.1. The average molecular weight is 412 g/mol. The van der Waals surface area contributed by atoms with Gasteiger partial charge < -0.3 is 19.3 Å². The van der Waals surface area contributed by atoms with E-state index in [1.807, 2.05) is 0 Å². The van der Waals surface area contributed by atoms with Crippen LogP contribution in [-0.2, 0) is 19.1 Å². The maximum absolute atomic E-state index is 13.0. The van der Waals surface area contributed by atoms with E-state index in [-0.39, 0.29) is 11.9 Å². The van der Waals surface area contributed by atoms with Crippen LogP contribution in [0.5, 0.6) is 0 Å². The van der Waals surface area contributed by atoms with E-state index in [2.05, 4.69) is 21.6 Å². The molecule has 0 aromatic rings. The first-order valence-corrected chi connectivity index (χ1v) is 11.4. The van der Waals surface area contributed by atoms with Crippen molar-refractivity contribution >= 4 is 11.9 Å². The van der Waals surface area contributed by atoms with Gasteiger partial charge in [0.25, 0.3) is 0 Å². The molecule has 0 spiro atoms. The molecule has 0 N–H and O–H groups in total. The Bertz CT molecular complexity index is 494. The van der Waals surface area contributed by atoms with Crippen molar-refractivity contribution in [2.75, 3.05) is 66.6 Å². The Morgan fingerprint density at radius 3 is 2.45 bits per heavy atom. The molecule has 0 bridgehead atoms. The molecule has 2 fully saturated rings. The number of amides is 1. The number of esters is 1. The van der Waals surface area contributed by atoms with Crippen molar-refractivity contribution in [2.24, 2.45) is 5.92 Å². The van der Waals surface area contributed by atoms with Gasteiger partial charge in [0.2, 0.25) is 5.91 Å². The standard InChI is InChI=1S/C22H41N3O4/c1-4-24-12-6-7-20(24)18-25(21(26)8-5-9-22(27)29-3)17-19-10-13-23(14-11-19)15-16-28-2/h19-20H,4-18H2,1-3H3. The Kier molecular flexibility index (Phi) is 11.0. The van der Waals surface area contributed by atoms with Gasteiger partial charge in [-0.15, -0.1) is 0 Å². The smallest absolute Gasteiger partial charge is 0.305 e. The lowest BCUT2D eigenvalue weighted by Crippen LogP contribution is -2.46. The van der Waals surface area contributed by atoms with Crippen molar-refractivity contribution in [2.45, 2.75) is 57.9 Å². The van der Waals surface area contributed by atoms with Crippen LogP contribution in [0.4, 0.5) is 0 Å². The molecule has 2 aliphatic rings. The molecular weight excluding hydrogens is 370 g/mol. The van der Waals surface area contributed by atoms with Crippen molar-refractivity contribution in [3.05, 3.63) is 0 Å². The zero-order chi connectivity index (χ0) is 21.1. The fraction of sp³-hybridized carbons (Fsp3) is 0.909. The number of piperidine rings is 1. The highest BCUT2D eigenvalue weighted by Gasteiger charge is 2.29. The molecule has 2 aliphatic heterocycles. The lowest BCUT2D eigenvalue weighted by atomic mass is 9.95. The Morgan fingerprint density at radius 2 is 1.79 bits per heavy atom. The summed E-state index contributed by atoms with van der Waals surface area (Å²) in [5, 5.41) is 0. The molecule has 2 heterocycles. The second-order valence-corrected chi connectivity index (χ2v) is 8.43. The Morgan fingerprint density at radius 1 is 1.03 bits per heavy atom. The van der Waals surface area contributed by atoms with Gasteiger partial charge in [-0.05, 0) is 64.2 Å². The van der Waals surface area contributed by atoms with E-state index in [0.29, 0.717) is 31.2 Å². The molecule has 29 heavy (non-hydrogen) atoms. The monoisotopic (exact) mass is 411 g/mol. The summed E-state index contributed by atoms with van der Waals surface area (Å²) in [7, 11) is 3.15. The van der Waals surface area contributed by atoms with Crippen LogP contribution in [0.1, 0.15) is 51.9 Å². The fourth-order valence-corrected chi connectivity index (χ4v) is 4.62. The summed E-state index contributed by atoms with van der Waals surface area (Å²) in [5.41, 5.74) is 0. The van der Waals surface area contributed by atoms with Gasteiger partial charge >= 0.3 is 5.97 Å². The quantitative estimate of drug-likeness (QED) is 0.458. The molecule has 7 nitrogen and oxygen atoms in total. The molecule has 1 amide bonds. The highest BCUT2D eigenvalue weighted by Crippen LogP contribution is 2.22. The molecule has 7 heteroatoms. The zero-order valence-electron chi connectivity index (χ0n) is 18.7. The SMILES string of the molecule is CCN1CCCC1CN(CC1CCN(CCOC)CC1)C(=O)CCCC(=O)OC. The molecule has 168 valence electrons. The van der Waals surface area contributed by atoms with Crippen LogP contribution in [-0.4, -0.2) is 99.3 Å². The average Bonchev–Trinajstić information content (AvgIpc) is 3.19. The van der Waals surface area contributed by atoms with E-state index in [1.165, 1.54) is 20.0 Å². The molecule has 0 aliphatic carbocycles. The number of carbonyl (C=O) groups is 2. The molecule has 1 atom stereocenters. The maximum Gasteiger partial charge on any atom is 0.305 e. The third-order valence-electron chi connectivity index (χ3n) is 6.49. The molecule has 0 aromatic heterocycles. The number of rotatable bonds is 12. The number of carbonyl (C=O) groups excluding carboxylic acids is 2. The molecular formula is C22H41N3O4. The molecule has 2 rings (SSSR count). The number of likely N-dealkylation sites (N-methyl/N-ethyl adjacent to an activating group) is 1. The first-order valence-electron chi connectivity index (χ1n) is 11.4. The van der Waals surface area contributed by atoms with E-state index in [4.69, 9.17) is 9.47 Å². The first kappa shape index (κ1) is 24.1. The predicted octanol–water partition coefficient (Wildman–Crippen LogP) is 2.00. The second-order valence-electron chi connectivity index (χ2n) is 8.43. The number of methoxy groups -OCH3 is 2. The van der Waals surface area contributed by atoms with Gasteiger partial charge in [0, 0.05) is 45.6 Å². The summed E-state index contributed by atoms with van der Waals surface area (Å²) < 4.78 is 9.90. The fourth-order valence-electron chi connectivity index (χ4n) is 4.62. The number of ether oxygens (including phenoxy) is 2. The normalized spacial score (nSPS) is 21.4. The minimum absolute atomic E-state index is 0.193. The molecule has 0 radical (unpaired) electrons. The number of nitrogens with zero attached hydrogens (tertiary/aromatic N) is 3. The third-order valence-corrected chi connectivity index (χ3v) is 6.49. The summed E-state index contributed by atoms with van der Waals surface area (Å²) in [5.74, 6) is 0.522. The maximum atomic E-state index is 13.0. The van der Waals surface area contributed by atoms with Crippen molar-refractivity contribution in [1.29, 1.82) is 0 Å². The highest BCUT2D eigenvalue weighted by atomic mass is 16.5. The molecule has 0 aromatic carbocycles. The van der Waals surface area contributed by atoms with Gasteiger partial charge in [0.05, 0.1) is 13.7 Å². The van der Waals surface area contributed by atoms with Crippen LogP contribution in [0.3, 0.4) is 0 Å². The van der Waals surface area contributed by atoms with Gasteiger partial charge in [-0.2, -0.15) is 0 Å². The highest BCUT2D eigenvalue weighted by molar-refractivity contribution is 5.77. The third kappa shape index (κ3) is 8.22. The van der Waals surface area contributed by atoms with Crippen LogP contribution in [0.2, 0.25) is 0 Å². The Labute approximate surface area is 176 Å². The van der Waals surface area contributed by atoms with Crippen molar-refractivity contribution in [3.63, 3.8) is 0 Å². The van der Waals surface area contributed by atoms with E-state index in [0.717, 1.165) is 65.3 Å². The van der Waals surface area contributed by atoms with Gasteiger partial charge in [-0.3, -0.25) is 14.5 Å². The summed E-state index contributed by atoms with van der Waals surface area (Å²) in [6, 6.07) is 0.478. The van der Waals surface area contributed by atoms with E-state index in [1.54, 1.807) is 7.11 Å². The van der Waals surface area contributed by atoms with Gasteiger partial charge in [0.15, 0.2) is 0 Å². The summed E-state index contributed by atoms with van der Waals surface area (Å²) in [4.78, 5) is 31.4. The van der Waals surface area contributed by atoms with Gasteiger partial charge in [0.1, 0.15) is 0 Å². The Balaban J connectivity index is 1.88. The van der Waals surface area contributed by atoms with Crippen molar-refractivity contribution in [1.82, 2.24) is 14.7 Å². The summed E-state index contributed by atoms with van der Waals surface area (Å²) >= 11 is 0. The predicted molar refractivity (Wildman–Crippen MR) is 114 cm³/mol. The van der Waals surface area contributed by atoms with Crippen LogP contribution >= 0.6 is 0 Å². The second kappa shape index (κ2) is 13.2. The number of likely N-dealkylation sites (tertiary alicyclic amines) is 2. The lowest BCUT2D eigenvalue weighted by Gasteiger charge is -2.36. The summed E-state index contributed by atoms with van der Waals surface area (Å²) in [6.07, 6.45) is 5.99. The minimum Gasteiger partial charge on any atom is -0.469 e. The molecule has 2 saturated heterocycles. The largest absolute Gasteiger partial charge is 0.469 e. The molecule has 1 unspecified atom stereocenters. The molecule has 0 saturated carbocycles. The van der Waals surface area contributed by atoms with Gasteiger partial charge in [-0.25, -0.2) is 0 Å². The van der Waals surface area contributed by atoms with Crippen LogP contribution in [0.25, 0.3) is 0 Å². The Hall–Kier alpha value is -1.18. The summed E-state index contributed by atoms with van der Waals surface area (Å²) in [6.45, 7) is 10.0. The van der Waals surface area contributed by atoms with E-state index in [9.17, 15) is 9.59 Å². The number of hydrogen-bond donors (Lipinski definition) is 0. The van der Waals surface area contributed by atoms with Crippen molar-refractivity contribution < 1.29 is 19.1 Å². The van der Waals surface area contributed by atoms with Gasteiger partial charge in [-0.1, -0.05) is 6.92 Å².